The average molecular weight is 311 g/mol. The van der Waals surface area contributed by atoms with Gasteiger partial charge in [0.1, 0.15) is 0 Å². The Morgan fingerprint density at radius 1 is 1.33 bits per heavy atom. The fraction of sp³-hybridized carbons (Fsp3) is 0.533. The fourth-order valence-electron chi connectivity index (χ4n) is 2.62. The van der Waals surface area contributed by atoms with E-state index in [9.17, 15) is 18.3 Å². The Labute approximate surface area is 125 Å². The molecule has 0 amide bonds. The van der Waals surface area contributed by atoms with E-state index in [4.69, 9.17) is 0 Å². The quantitative estimate of drug-likeness (QED) is 0.924. The number of carboxylic acids is 1. The summed E-state index contributed by atoms with van der Waals surface area (Å²) in [6.07, 6.45) is 1.92. The zero-order valence-corrected chi connectivity index (χ0v) is 13.2. The highest BCUT2D eigenvalue weighted by Crippen LogP contribution is 2.32. The van der Waals surface area contributed by atoms with Crippen LogP contribution in [0.2, 0.25) is 0 Å². The number of sulfonamides is 1. The van der Waals surface area contributed by atoms with Crippen molar-refractivity contribution >= 4 is 16.0 Å². The maximum atomic E-state index is 12.6. The lowest BCUT2D eigenvalue weighted by Crippen LogP contribution is -2.48. The van der Waals surface area contributed by atoms with E-state index in [0.717, 1.165) is 12.0 Å². The van der Waals surface area contributed by atoms with E-state index >= 15 is 0 Å². The third-order valence-electron chi connectivity index (χ3n) is 4.15. The van der Waals surface area contributed by atoms with Crippen molar-refractivity contribution in [1.82, 2.24) is 4.31 Å². The van der Waals surface area contributed by atoms with Crippen LogP contribution in [0, 0.1) is 5.41 Å². The second-order valence-electron chi connectivity index (χ2n) is 5.81. The van der Waals surface area contributed by atoms with Crippen LogP contribution in [0.5, 0.6) is 0 Å². The molecular weight excluding hydrogens is 290 g/mol. The largest absolute Gasteiger partial charge is 0.481 e. The van der Waals surface area contributed by atoms with Crippen molar-refractivity contribution in [3.05, 3.63) is 29.8 Å². The topological polar surface area (TPSA) is 74.7 Å². The van der Waals surface area contributed by atoms with Gasteiger partial charge in [0.15, 0.2) is 0 Å². The number of hydrogen-bond donors (Lipinski definition) is 1. The molecule has 1 aromatic carbocycles. The number of nitrogens with zero attached hydrogens (tertiary/aromatic N) is 1. The van der Waals surface area contributed by atoms with Gasteiger partial charge >= 0.3 is 5.97 Å². The Morgan fingerprint density at radius 3 is 2.48 bits per heavy atom. The summed E-state index contributed by atoms with van der Waals surface area (Å²) in [7, 11) is -3.62. The first-order valence-corrected chi connectivity index (χ1v) is 8.56. The highest BCUT2D eigenvalue weighted by atomic mass is 32.2. The number of rotatable bonds is 4. The van der Waals surface area contributed by atoms with E-state index in [0.29, 0.717) is 19.4 Å². The lowest BCUT2D eigenvalue weighted by atomic mass is 9.83. The van der Waals surface area contributed by atoms with Crippen LogP contribution in [0.3, 0.4) is 0 Å². The van der Waals surface area contributed by atoms with Crippen molar-refractivity contribution in [1.29, 1.82) is 0 Å². The maximum Gasteiger partial charge on any atom is 0.310 e. The molecule has 1 N–H and O–H groups in total. The monoisotopic (exact) mass is 311 g/mol. The van der Waals surface area contributed by atoms with E-state index in [1.54, 1.807) is 31.2 Å². The molecule has 1 aromatic rings. The van der Waals surface area contributed by atoms with Crippen molar-refractivity contribution in [3.63, 3.8) is 0 Å². The van der Waals surface area contributed by atoms with Gasteiger partial charge in [-0.05, 0) is 43.9 Å². The minimum absolute atomic E-state index is 0.0280. The highest BCUT2D eigenvalue weighted by Gasteiger charge is 2.41. The Balaban J connectivity index is 2.28. The molecule has 1 fully saturated rings. The molecule has 116 valence electrons. The molecule has 0 spiro atoms. The van der Waals surface area contributed by atoms with Gasteiger partial charge in [-0.15, -0.1) is 0 Å². The van der Waals surface area contributed by atoms with Gasteiger partial charge in [0, 0.05) is 13.1 Å². The van der Waals surface area contributed by atoms with Crippen molar-refractivity contribution in [3.8, 4) is 0 Å². The number of aliphatic carboxylic acids is 1. The summed E-state index contributed by atoms with van der Waals surface area (Å²) in [6.45, 7) is 4.02. The standard InChI is InChI=1S/C15H21NO4S/c1-3-12-5-7-13(8-6-12)21(19,20)16-10-4-9-15(2,11-16)14(17)18/h5-8H,3-4,9-11H2,1-2H3,(H,17,18). The molecule has 0 bridgehead atoms. The van der Waals surface area contributed by atoms with Crippen LogP contribution >= 0.6 is 0 Å². The highest BCUT2D eigenvalue weighted by molar-refractivity contribution is 7.89. The number of carbonyl (C=O) groups is 1. The average Bonchev–Trinajstić information content (AvgIpc) is 2.47. The Morgan fingerprint density at radius 2 is 1.95 bits per heavy atom. The molecule has 2 rings (SSSR count). The smallest absolute Gasteiger partial charge is 0.310 e. The third-order valence-corrected chi connectivity index (χ3v) is 6.01. The van der Waals surface area contributed by atoms with Crippen molar-refractivity contribution in [2.24, 2.45) is 5.41 Å². The number of benzene rings is 1. The summed E-state index contributed by atoms with van der Waals surface area (Å²) in [5, 5.41) is 9.30. The van der Waals surface area contributed by atoms with Crippen LogP contribution < -0.4 is 0 Å². The summed E-state index contributed by atoms with van der Waals surface area (Å²) < 4.78 is 26.6. The van der Waals surface area contributed by atoms with E-state index in [1.165, 1.54) is 4.31 Å². The van der Waals surface area contributed by atoms with Crippen molar-refractivity contribution < 1.29 is 18.3 Å². The van der Waals surface area contributed by atoms with Gasteiger partial charge in [0.05, 0.1) is 10.3 Å². The van der Waals surface area contributed by atoms with Gasteiger partial charge in [0.25, 0.3) is 0 Å². The summed E-state index contributed by atoms with van der Waals surface area (Å²) in [5.74, 6) is -0.941. The minimum atomic E-state index is -3.62. The minimum Gasteiger partial charge on any atom is -0.481 e. The normalized spacial score (nSPS) is 23.9. The molecular formula is C15H21NO4S. The lowest BCUT2D eigenvalue weighted by molar-refractivity contribution is -0.150. The Hall–Kier alpha value is -1.40. The maximum absolute atomic E-state index is 12.6. The lowest BCUT2D eigenvalue weighted by Gasteiger charge is -2.36. The third kappa shape index (κ3) is 3.11. The zero-order valence-electron chi connectivity index (χ0n) is 12.4. The molecule has 1 atom stereocenters. The van der Waals surface area contributed by atoms with E-state index in [2.05, 4.69) is 0 Å². The summed E-state index contributed by atoms with van der Waals surface area (Å²) in [4.78, 5) is 11.6. The zero-order chi connectivity index (χ0) is 15.7. The van der Waals surface area contributed by atoms with Gasteiger partial charge < -0.3 is 5.11 Å². The summed E-state index contributed by atoms with van der Waals surface area (Å²) in [5.41, 5.74) is 0.0669. The first kappa shape index (κ1) is 16.0. The number of piperidine rings is 1. The summed E-state index contributed by atoms with van der Waals surface area (Å²) >= 11 is 0. The molecule has 0 radical (unpaired) electrons. The molecule has 1 aliphatic heterocycles. The van der Waals surface area contributed by atoms with Gasteiger partial charge in [-0.2, -0.15) is 4.31 Å². The number of carboxylic acid groups (broad SMARTS) is 1. The molecule has 1 aliphatic rings. The molecule has 1 unspecified atom stereocenters. The van der Waals surface area contributed by atoms with Crippen LogP contribution in [-0.4, -0.2) is 36.9 Å². The molecule has 0 aliphatic carbocycles. The molecule has 1 saturated heterocycles. The molecule has 1 heterocycles. The van der Waals surface area contributed by atoms with Gasteiger partial charge in [-0.3, -0.25) is 4.79 Å². The number of aryl methyl sites for hydroxylation is 1. The first-order valence-electron chi connectivity index (χ1n) is 7.12. The number of hydrogen-bond acceptors (Lipinski definition) is 3. The molecule has 5 nitrogen and oxygen atoms in total. The van der Waals surface area contributed by atoms with Crippen molar-refractivity contribution in [2.75, 3.05) is 13.1 Å². The van der Waals surface area contributed by atoms with Crippen LogP contribution in [0.15, 0.2) is 29.2 Å². The molecule has 0 saturated carbocycles. The van der Waals surface area contributed by atoms with Crippen LogP contribution in [0.25, 0.3) is 0 Å². The second-order valence-corrected chi connectivity index (χ2v) is 7.74. The predicted molar refractivity (Wildman–Crippen MR) is 79.6 cm³/mol. The van der Waals surface area contributed by atoms with Gasteiger partial charge in [-0.25, -0.2) is 8.42 Å². The van der Waals surface area contributed by atoms with Crippen LogP contribution in [0.4, 0.5) is 0 Å². The second kappa shape index (κ2) is 5.77. The molecule has 21 heavy (non-hydrogen) atoms. The first-order chi connectivity index (χ1) is 9.79. The fourth-order valence-corrected chi connectivity index (χ4v) is 4.22. The van der Waals surface area contributed by atoms with E-state index in [1.807, 2.05) is 6.92 Å². The SMILES string of the molecule is CCc1ccc(S(=O)(=O)N2CCCC(C)(C(=O)O)C2)cc1. The van der Waals surface area contributed by atoms with Crippen molar-refractivity contribution in [2.45, 2.75) is 38.0 Å². The summed E-state index contributed by atoms with van der Waals surface area (Å²) in [6, 6.07) is 6.79. The van der Waals surface area contributed by atoms with Gasteiger partial charge in [-0.1, -0.05) is 19.1 Å². The van der Waals surface area contributed by atoms with E-state index < -0.39 is 21.4 Å². The Bertz CT molecular complexity index is 624. The predicted octanol–water partition coefficient (Wildman–Crippen LogP) is 2.12. The Kier molecular flexibility index (Phi) is 4.39. The van der Waals surface area contributed by atoms with Crippen LogP contribution in [-0.2, 0) is 21.2 Å². The van der Waals surface area contributed by atoms with Crippen LogP contribution in [0.1, 0.15) is 32.3 Å². The molecule has 0 aromatic heterocycles. The van der Waals surface area contributed by atoms with E-state index in [-0.39, 0.29) is 11.4 Å². The molecule has 6 heteroatoms. The van der Waals surface area contributed by atoms with Gasteiger partial charge in [0.2, 0.25) is 10.0 Å².